The zero-order chi connectivity index (χ0) is 14.1. The van der Waals surface area contributed by atoms with Gasteiger partial charge in [-0.05, 0) is 32.6 Å². The highest BCUT2D eigenvalue weighted by Gasteiger charge is 2.31. The molecule has 2 N–H and O–H groups in total. The van der Waals surface area contributed by atoms with E-state index in [0.717, 1.165) is 12.8 Å². The molecule has 20 heavy (non-hydrogen) atoms. The number of hydrogen-bond acceptors (Lipinski definition) is 5. The second-order valence-electron chi connectivity index (χ2n) is 5.54. The van der Waals surface area contributed by atoms with E-state index in [2.05, 4.69) is 15.1 Å². The molecule has 7 heteroatoms. The van der Waals surface area contributed by atoms with Crippen LogP contribution in [0.5, 0.6) is 0 Å². The summed E-state index contributed by atoms with van der Waals surface area (Å²) in [7, 11) is 2.00. The van der Waals surface area contributed by atoms with Crippen molar-refractivity contribution in [2.75, 3.05) is 13.6 Å². The third-order valence-electron chi connectivity index (χ3n) is 3.84. The maximum Gasteiger partial charge on any atom is 0.255 e. The Hall–Kier alpha value is -1.63. The molecule has 1 aromatic rings. The number of aromatic nitrogens is 2. The summed E-state index contributed by atoms with van der Waals surface area (Å²) in [5.41, 5.74) is 5.96. The minimum atomic E-state index is -0.0983. The van der Waals surface area contributed by atoms with Gasteiger partial charge in [0.1, 0.15) is 6.10 Å². The van der Waals surface area contributed by atoms with E-state index < -0.39 is 0 Å². The van der Waals surface area contributed by atoms with Crippen molar-refractivity contribution in [3.8, 4) is 0 Å². The van der Waals surface area contributed by atoms with Gasteiger partial charge in [0, 0.05) is 13.1 Å². The van der Waals surface area contributed by atoms with E-state index in [4.69, 9.17) is 15.0 Å². The number of rotatable bonds is 4. The highest BCUT2D eigenvalue weighted by molar-refractivity contribution is 5.78. The molecule has 0 aromatic carbocycles. The summed E-state index contributed by atoms with van der Waals surface area (Å²) in [5.74, 6) is 1.81. The Labute approximate surface area is 118 Å². The average Bonchev–Trinajstić information content (AvgIpc) is 3.03. The summed E-state index contributed by atoms with van der Waals surface area (Å²) in [6.07, 6.45) is 4.24. The lowest BCUT2D eigenvalue weighted by molar-refractivity contribution is 0.0308. The van der Waals surface area contributed by atoms with E-state index in [9.17, 15) is 0 Å². The predicted molar refractivity (Wildman–Crippen MR) is 73.2 cm³/mol. The number of nitrogens with two attached hydrogens (primary N) is 1. The van der Waals surface area contributed by atoms with Gasteiger partial charge in [-0.2, -0.15) is 4.98 Å². The van der Waals surface area contributed by atoms with Crippen molar-refractivity contribution in [2.24, 2.45) is 10.7 Å². The van der Waals surface area contributed by atoms with E-state index >= 15 is 0 Å². The summed E-state index contributed by atoms with van der Waals surface area (Å²) in [6, 6.07) is 0.581. The molecule has 0 unspecified atom stereocenters. The first-order valence-electron chi connectivity index (χ1n) is 7.12. The summed E-state index contributed by atoms with van der Waals surface area (Å²) in [5, 5.41) is 3.79. The molecule has 7 nitrogen and oxygen atoms in total. The SMILES string of the molecule is Cc1noc([C@@H]2CC[C@H](CN=C(N)N(C)C3CC3)O2)n1. The van der Waals surface area contributed by atoms with E-state index in [1.54, 1.807) is 6.92 Å². The van der Waals surface area contributed by atoms with Gasteiger partial charge in [0.25, 0.3) is 5.89 Å². The fourth-order valence-corrected chi connectivity index (χ4v) is 2.42. The van der Waals surface area contributed by atoms with Gasteiger partial charge < -0.3 is 19.9 Å². The maximum atomic E-state index is 5.96. The van der Waals surface area contributed by atoms with Crippen LogP contribution in [0.2, 0.25) is 0 Å². The van der Waals surface area contributed by atoms with Gasteiger partial charge in [0.2, 0.25) is 0 Å². The highest BCUT2D eigenvalue weighted by Crippen LogP contribution is 2.32. The van der Waals surface area contributed by atoms with Crippen LogP contribution in [0.4, 0.5) is 0 Å². The zero-order valence-corrected chi connectivity index (χ0v) is 12.0. The van der Waals surface area contributed by atoms with Gasteiger partial charge >= 0.3 is 0 Å². The number of guanidine groups is 1. The molecule has 3 rings (SSSR count). The molecule has 1 saturated heterocycles. The van der Waals surface area contributed by atoms with Crippen LogP contribution in [0, 0.1) is 6.92 Å². The Morgan fingerprint density at radius 1 is 1.40 bits per heavy atom. The Kier molecular flexibility index (Phi) is 3.60. The van der Waals surface area contributed by atoms with Crippen LogP contribution in [0.1, 0.15) is 43.5 Å². The van der Waals surface area contributed by atoms with E-state index in [-0.39, 0.29) is 12.2 Å². The predicted octanol–water partition coefficient (Wildman–Crippen LogP) is 1.01. The van der Waals surface area contributed by atoms with Gasteiger partial charge in [-0.15, -0.1) is 0 Å². The van der Waals surface area contributed by atoms with Crippen LogP contribution in [-0.4, -0.2) is 46.7 Å². The van der Waals surface area contributed by atoms with Gasteiger partial charge in [0.05, 0.1) is 12.6 Å². The summed E-state index contributed by atoms with van der Waals surface area (Å²) >= 11 is 0. The quantitative estimate of drug-likeness (QED) is 0.653. The van der Waals surface area contributed by atoms with Crippen molar-refractivity contribution in [1.82, 2.24) is 15.0 Å². The fourth-order valence-electron chi connectivity index (χ4n) is 2.42. The van der Waals surface area contributed by atoms with E-state index in [1.807, 2.05) is 11.9 Å². The third-order valence-corrected chi connectivity index (χ3v) is 3.84. The van der Waals surface area contributed by atoms with Gasteiger partial charge in [-0.25, -0.2) is 0 Å². The molecule has 2 atom stereocenters. The molecule has 2 heterocycles. The Morgan fingerprint density at radius 3 is 2.85 bits per heavy atom. The smallest absolute Gasteiger partial charge is 0.255 e. The molecule has 0 radical (unpaired) electrons. The van der Waals surface area contributed by atoms with Crippen LogP contribution in [0.3, 0.4) is 0 Å². The Morgan fingerprint density at radius 2 is 2.20 bits per heavy atom. The summed E-state index contributed by atoms with van der Waals surface area (Å²) < 4.78 is 11.0. The zero-order valence-electron chi connectivity index (χ0n) is 12.0. The Bertz CT molecular complexity index is 497. The maximum absolute atomic E-state index is 5.96. The molecule has 0 bridgehead atoms. The number of nitrogens with zero attached hydrogens (tertiary/aromatic N) is 4. The molecule has 2 fully saturated rings. The number of hydrogen-bond donors (Lipinski definition) is 1. The molecular weight excluding hydrogens is 258 g/mol. The van der Waals surface area contributed by atoms with Crippen molar-refractivity contribution in [3.63, 3.8) is 0 Å². The molecule has 1 aliphatic carbocycles. The molecule has 0 spiro atoms. The molecule has 1 aromatic heterocycles. The fraction of sp³-hybridized carbons (Fsp3) is 0.769. The van der Waals surface area contributed by atoms with E-state index in [0.29, 0.717) is 30.3 Å². The van der Waals surface area contributed by atoms with Gasteiger partial charge in [-0.3, -0.25) is 4.99 Å². The first-order chi connectivity index (χ1) is 9.63. The second kappa shape index (κ2) is 5.40. The lowest BCUT2D eigenvalue weighted by atomic mass is 10.2. The monoisotopic (exact) mass is 279 g/mol. The Balaban J connectivity index is 1.51. The van der Waals surface area contributed by atoms with Crippen molar-refractivity contribution in [2.45, 2.75) is 50.9 Å². The summed E-state index contributed by atoms with van der Waals surface area (Å²) in [6.45, 7) is 2.39. The van der Waals surface area contributed by atoms with Crippen molar-refractivity contribution in [3.05, 3.63) is 11.7 Å². The normalized spacial score (nSPS) is 27.0. The number of ether oxygens (including phenoxy) is 1. The minimum Gasteiger partial charge on any atom is -0.370 e. The molecule has 1 saturated carbocycles. The first-order valence-corrected chi connectivity index (χ1v) is 7.12. The lowest BCUT2D eigenvalue weighted by Crippen LogP contribution is -2.36. The number of aryl methyl sites for hydroxylation is 1. The van der Waals surface area contributed by atoms with Crippen LogP contribution < -0.4 is 5.73 Å². The third kappa shape index (κ3) is 2.92. The van der Waals surface area contributed by atoms with Gasteiger partial charge in [0.15, 0.2) is 11.8 Å². The van der Waals surface area contributed by atoms with Crippen molar-refractivity contribution < 1.29 is 9.26 Å². The topological polar surface area (TPSA) is 89.8 Å². The summed E-state index contributed by atoms with van der Waals surface area (Å²) in [4.78, 5) is 10.7. The van der Waals surface area contributed by atoms with E-state index in [1.165, 1.54) is 12.8 Å². The molecule has 110 valence electrons. The van der Waals surface area contributed by atoms with Crippen LogP contribution >= 0.6 is 0 Å². The molecular formula is C13H21N5O2. The molecule has 0 amide bonds. The largest absolute Gasteiger partial charge is 0.370 e. The standard InChI is InChI=1S/C13H21N5O2/c1-8-16-12(20-17-8)11-6-5-10(19-11)7-15-13(14)18(2)9-3-4-9/h9-11H,3-7H2,1-2H3,(H2,14,15)/t10-,11+/m1/s1. The van der Waals surface area contributed by atoms with Crippen LogP contribution in [-0.2, 0) is 4.74 Å². The lowest BCUT2D eigenvalue weighted by Gasteiger charge is -2.17. The molecule has 1 aliphatic heterocycles. The van der Waals surface area contributed by atoms with Crippen LogP contribution in [0.15, 0.2) is 9.52 Å². The highest BCUT2D eigenvalue weighted by atomic mass is 16.5. The minimum absolute atomic E-state index is 0.0818. The van der Waals surface area contributed by atoms with Crippen LogP contribution in [0.25, 0.3) is 0 Å². The molecule has 2 aliphatic rings. The van der Waals surface area contributed by atoms with Gasteiger partial charge in [-0.1, -0.05) is 5.16 Å². The van der Waals surface area contributed by atoms with Crippen molar-refractivity contribution >= 4 is 5.96 Å². The average molecular weight is 279 g/mol. The first kappa shape index (κ1) is 13.4. The number of aliphatic imine (C=N–C) groups is 1. The van der Waals surface area contributed by atoms with Crippen molar-refractivity contribution in [1.29, 1.82) is 0 Å². The second-order valence-corrected chi connectivity index (χ2v) is 5.54.